The molecule has 1 aliphatic rings. The summed E-state index contributed by atoms with van der Waals surface area (Å²) in [6, 6.07) is 1.89. The Bertz CT molecular complexity index is 362. The summed E-state index contributed by atoms with van der Waals surface area (Å²) in [5, 5.41) is 8.93. The third kappa shape index (κ3) is 3.20. The monoisotopic (exact) mass is 221 g/mol. The van der Waals surface area contributed by atoms with Crippen molar-refractivity contribution in [1.82, 2.24) is 0 Å². The molecule has 0 aliphatic heterocycles. The first-order valence-corrected chi connectivity index (χ1v) is 5.39. The number of nitrogens with zero attached hydrogens (tertiary/aromatic N) is 1. The third-order valence-corrected chi connectivity index (χ3v) is 2.42. The molecule has 1 saturated carbocycles. The van der Waals surface area contributed by atoms with Crippen LogP contribution in [0.5, 0.6) is 0 Å². The first-order chi connectivity index (χ1) is 7.54. The summed E-state index contributed by atoms with van der Waals surface area (Å²) in [7, 11) is 0. The maximum atomic E-state index is 11.6. The Morgan fingerprint density at radius 3 is 2.31 bits per heavy atom. The van der Waals surface area contributed by atoms with Crippen LogP contribution in [0.2, 0.25) is 0 Å². The van der Waals surface area contributed by atoms with Gasteiger partial charge in [-0.2, -0.15) is 5.26 Å². The van der Waals surface area contributed by atoms with E-state index in [1.54, 1.807) is 13.8 Å². The van der Waals surface area contributed by atoms with Crippen LogP contribution in [0.3, 0.4) is 0 Å². The lowest BCUT2D eigenvalue weighted by atomic mass is 9.90. The molecule has 0 N–H and O–H groups in total. The number of ketones is 1. The largest absolute Gasteiger partial charge is 0.459 e. The fourth-order valence-corrected chi connectivity index (χ4v) is 1.62. The number of carbonyl (C=O) groups is 2. The van der Waals surface area contributed by atoms with E-state index in [-0.39, 0.29) is 17.5 Å². The van der Waals surface area contributed by atoms with Gasteiger partial charge in [0.25, 0.3) is 0 Å². The zero-order chi connectivity index (χ0) is 12.1. The van der Waals surface area contributed by atoms with Gasteiger partial charge in [0.1, 0.15) is 17.4 Å². The summed E-state index contributed by atoms with van der Waals surface area (Å²) < 4.78 is 4.98. The number of nitriles is 1. The number of carbonyl (C=O) groups excluding carboxylic acids is 2. The van der Waals surface area contributed by atoms with Crippen LogP contribution in [0.4, 0.5) is 0 Å². The minimum Gasteiger partial charge on any atom is -0.459 e. The molecule has 16 heavy (non-hydrogen) atoms. The Balaban J connectivity index is 2.81. The molecule has 1 fully saturated rings. The van der Waals surface area contributed by atoms with Crippen LogP contribution < -0.4 is 0 Å². The number of allylic oxidation sites excluding steroid dienone is 1. The van der Waals surface area contributed by atoms with Gasteiger partial charge >= 0.3 is 5.97 Å². The van der Waals surface area contributed by atoms with E-state index in [2.05, 4.69) is 0 Å². The highest BCUT2D eigenvalue weighted by atomic mass is 16.5. The molecule has 0 atom stereocenters. The van der Waals surface area contributed by atoms with Gasteiger partial charge < -0.3 is 4.74 Å². The van der Waals surface area contributed by atoms with E-state index in [0.29, 0.717) is 25.7 Å². The molecule has 0 aromatic rings. The van der Waals surface area contributed by atoms with Crippen molar-refractivity contribution in [2.24, 2.45) is 0 Å². The number of hydrogen-bond acceptors (Lipinski definition) is 4. The number of hydrogen-bond donors (Lipinski definition) is 0. The van der Waals surface area contributed by atoms with Gasteiger partial charge in [-0.3, -0.25) is 4.79 Å². The SMILES string of the molecule is CC(C)OC(=O)C(C#N)=C1CCC(=O)CC1. The number of esters is 1. The van der Waals surface area contributed by atoms with Crippen molar-refractivity contribution in [2.45, 2.75) is 45.6 Å². The molecule has 0 saturated heterocycles. The summed E-state index contributed by atoms with van der Waals surface area (Å²) in [5.74, 6) is -0.375. The van der Waals surface area contributed by atoms with Crippen molar-refractivity contribution < 1.29 is 14.3 Å². The molecule has 0 amide bonds. The Morgan fingerprint density at radius 2 is 1.88 bits per heavy atom. The average molecular weight is 221 g/mol. The molecule has 0 aromatic heterocycles. The van der Waals surface area contributed by atoms with Crippen molar-refractivity contribution in [1.29, 1.82) is 5.26 Å². The molecule has 1 aliphatic carbocycles. The van der Waals surface area contributed by atoms with Gasteiger partial charge in [-0.15, -0.1) is 0 Å². The van der Waals surface area contributed by atoms with Crippen LogP contribution >= 0.6 is 0 Å². The van der Waals surface area contributed by atoms with Gasteiger partial charge in [0.2, 0.25) is 0 Å². The minimum atomic E-state index is -0.568. The number of rotatable bonds is 2. The van der Waals surface area contributed by atoms with Crippen molar-refractivity contribution >= 4 is 11.8 Å². The van der Waals surface area contributed by atoms with E-state index in [1.165, 1.54) is 0 Å². The molecule has 0 aromatic carbocycles. The fraction of sp³-hybridized carbons (Fsp3) is 0.583. The van der Waals surface area contributed by atoms with Crippen LogP contribution in [0.1, 0.15) is 39.5 Å². The lowest BCUT2D eigenvalue weighted by Crippen LogP contribution is -2.16. The van der Waals surface area contributed by atoms with E-state index in [9.17, 15) is 9.59 Å². The molecule has 0 heterocycles. The normalized spacial score (nSPS) is 15.9. The van der Waals surface area contributed by atoms with Gasteiger partial charge in [-0.1, -0.05) is 0 Å². The Labute approximate surface area is 94.9 Å². The van der Waals surface area contributed by atoms with Crippen LogP contribution in [-0.4, -0.2) is 17.9 Å². The Morgan fingerprint density at radius 1 is 1.31 bits per heavy atom. The van der Waals surface area contributed by atoms with E-state index in [4.69, 9.17) is 10.00 Å². The molecule has 1 rings (SSSR count). The third-order valence-electron chi connectivity index (χ3n) is 2.42. The second kappa shape index (κ2) is 5.45. The molecule has 4 heteroatoms. The van der Waals surface area contributed by atoms with Crippen LogP contribution in [0, 0.1) is 11.3 Å². The summed E-state index contributed by atoms with van der Waals surface area (Å²) >= 11 is 0. The summed E-state index contributed by atoms with van der Waals surface area (Å²) in [4.78, 5) is 22.6. The fourth-order valence-electron chi connectivity index (χ4n) is 1.62. The zero-order valence-corrected chi connectivity index (χ0v) is 9.58. The molecule has 4 nitrogen and oxygen atoms in total. The van der Waals surface area contributed by atoms with Gasteiger partial charge in [-0.25, -0.2) is 4.79 Å². The molecular weight excluding hydrogens is 206 g/mol. The lowest BCUT2D eigenvalue weighted by Gasteiger charge is -2.15. The number of ether oxygens (including phenoxy) is 1. The minimum absolute atomic E-state index is 0.0844. The average Bonchev–Trinajstić information content (AvgIpc) is 2.21. The highest BCUT2D eigenvalue weighted by molar-refractivity contribution is 5.94. The molecule has 0 unspecified atom stereocenters. The molecule has 0 spiro atoms. The van der Waals surface area contributed by atoms with Gasteiger partial charge in [0, 0.05) is 12.8 Å². The van der Waals surface area contributed by atoms with Gasteiger partial charge in [0.15, 0.2) is 0 Å². The maximum absolute atomic E-state index is 11.6. The smallest absolute Gasteiger partial charge is 0.349 e. The Kier molecular flexibility index (Phi) is 4.24. The van der Waals surface area contributed by atoms with Crippen molar-refractivity contribution in [3.05, 3.63) is 11.1 Å². The second-order valence-corrected chi connectivity index (χ2v) is 4.08. The van der Waals surface area contributed by atoms with Gasteiger partial charge in [0.05, 0.1) is 6.10 Å². The summed E-state index contributed by atoms with van der Waals surface area (Å²) in [6.07, 6.45) is 1.64. The van der Waals surface area contributed by atoms with Crippen molar-refractivity contribution in [3.63, 3.8) is 0 Å². The van der Waals surface area contributed by atoms with E-state index in [0.717, 1.165) is 5.57 Å². The predicted octanol–water partition coefficient (Wildman–Crippen LogP) is 1.90. The van der Waals surface area contributed by atoms with E-state index < -0.39 is 5.97 Å². The number of Topliss-reactive ketones (excluding diaryl/α,β-unsaturated/α-hetero) is 1. The predicted molar refractivity (Wildman–Crippen MR) is 57.3 cm³/mol. The Hall–Kier alpha value is -1.63. The molecule has 86 valence electrons. The first-order valence-electron chi connectivity index (χ1n) is 5.39. The summed E-state index contributed by atoms with van der Waals surface area (Å²) in [6.45, 7) is 3.48. The van der Waals surface area contributed by atoms with Crippen LogP contribution in [-0.2, 0) is 14.3 Å². The van der Waals surface area contributed by atoms with Crippen molar-refractivity contribution in [2.75, 3.05) is 0 Å². The van der Waals surface area contributed by atoms with Crippen LogP contribution in [0.25, 0.3) is 0 Å². The van der Waals surface area contributed by atoms with E-state index >= 15 is 0 Å². The van der Waals surface area contributed by atoms with Gasteiger partial charge in [-0.05, 0) is 32.3 Å². The second-order valence-electron chi connectivity index (χ2n) is 4.08. The molecule has 0 radical (unpaired) electrons. The highest BCUT2D eigenvalue weighted by Crippen LogP contribution is 2.24. The zero-order valence-electron chi connectivity index (χ0n) is 9.58. The quantitative estimate of drug-likeness (QED) is 0.406. The highest BCUT2D eigenvalue weighted by Gasteiger charge is 2.21. The molecular formula is C12H15NO3. The topological polar surface area (TPSA) is 67.2 Å². The van der Waals surface area contributed by atoms with E-state index in [1.807, 2.05) is 6.07 Å². The maximum Gasteiger partial charge on any atom is 0.349 e. The first kappa shape index (κ1) is 12.4. The van der Waals surface area contributed by atoms with Crippen molar-refractivity contribution in [3.8, 4) is 6.07 Å². The molecule has 0 bridgehead atoms. The lowest BCUT2D eigenvalue weighted by molar-refractivity contribution is -0.142. The standard InChI is InChI=1S/C12H15NO3/c1-8(2)16-12(15)11(7-13)9-3-5-10(14)6-4-9/h8H,3-6H2,1-2H3. The van der Waals surface area contributed by atoms with Crippen LogP contribution in [0.15, 0.2) is 11.1 Å². The summed E-state index contributed by atoms with van der Waals surface area (Å²) in [5.41, 5.74) is 0.842.